The molecule has 0 saturated carbocycles. The van der Waals surface area contributed by atoms with Crippen molar-refractivity contribution in [2.45, 2.75) is 32.7 Å². The van der Waals surface area contributed by atoms with Crippen molar-refractivity contribution in [1.29, 1.82) is 0 Å². The number of aryl methyl sites for hydroxylation is 1. The SMILES string of the molecule is Cc1ccc(CNc2ncnc(N3CCCCC3)c2N)cc1. The van der Waals surface area contributed by atoms with Crippen LogP contribution in [0.4, 0.5) is 17.3 Å². The molecule has 3 N–H and O–H groups in total. The summed E-state index contributed by atoms with van der Waals surface area (Å²) in [5.74, 6) is 1.58. The van der Waals surface area contributed by atoms with E-state index in [0.717, 1.165) is 24.7 Å². The highest BCUT2D eigenvalue weighted by Crippen LogP contribution is 2.28. The highest BCUT2D eigenvalue weighted by atomic mass is 15.2. The van der Waals surface area contributed by atoms with Crippen molar-refractivity contribution in [3.8, 4) is 0 Å². The number of hydrogen-bond donors (Lipinski definition) is 2. The summed E-state index contributed by atoms with van der Waals surface area (Å²) in [5, 5.41) is 3.33. The standard InChI is InChI=1S/C17H23N5/c1-13-5-7-14(8-6-13)11-19-16-15(18)17(21-12-20-16)22-9-3-2-4-10-22/h5-8,12H,2-4,9-11,18H2,1H3,(H,19,20,21). The number of aromatic nitrogens is 2. The molecule has 0 amide bonds. The van der Waals surface area contributed by atoms with Gasteiger partial charge in [-0.1, -0.05) is 29.8 Å². The Labute approximate surface area is 131 Å². The maximum Gasteiger partial charge on any atom is 0.157 e. The molecule has 5 heteroatoms. The van der Waals surface area contributed by atoms with Gasteiger partial charge in [0.05, 0.1) is 0 Å². The van der Waals surface area contributed by atoms with Crippen molar-refractivity contribution in [3.63, 3.8) is 0 Å². The number of nitrogens with one attached hydrogen (secondary N) is 1. The molecule has 0 aliphatic carbocycles. The summed E-state index contributed by atoms with van der Waals surface area (Å²) in [5.41, 5.74) is 9.40. The summed E-state index contributed by atoms with van der Waals surface area (Å²) >= 11 is 0. The Kier molecular flexibility index (Phi) is 4.42. The van der Waals surface area contributed by atoms with Crippen molar-refractivity contribution >= 4 is 17.3 Å². The average Bonchev–Trinajstić information content (AvgIpc) is 2.56. The van der Waals surface area contributed by atoms with Crippen LogP contribution in [-0.2, 0) is 6.54 Å². The quantitative estimate of drug-likeness (QED) is 0.908. The van der Waals surface area contributed by atoms with Crippen molar-refractivity contribution in [1.82, 2.24) is 9.97 Å². The summed E-state index contributed by atoms with van der Waals surface area (Å²) in [7, 11) is 0. The van der Waals surface area contributed by atoms with Crippen LogP contribution in [0.2, 0.25) is 0 Å². The van der Waals surface area contributed by atoms with Crippen molar-refractivity contribution in [3.05, 3.63) is 41.7 Å². The number of nitrogen functional groups attached to an aromatic ring is 1. The fourth-order valence-corrected chi connectivity index (χ4v) is 2.78. The molecule has 0 spiro atoms. The Bertz CT molecular complexity index is 617. The van der Waals surface area contributed by atoms with E-state index in [-0.39, 0.29) is 0 Å². The van der Waals surface area contributed by atoms with Crippen LogP contribution < -0.4 is 16.0 Å². The number of nitrogens with two attached hydrogens (primary N) is 1. The van der Waals surface area contributed by atoms with Gasteiger partial charge in [-0.2, -0.15) is 0 Å². The van der Waals surface area contributed by atoms with Crippen LogP contribution in [0.15, 0.2) is 30.6 Å². The molecule has 1 aromatic carbocycles. The number of nitrogens with zero attached hydrogens (tertiary/aromatic N) is 3. The molecule has 0 bridgehead atoms. The van der Waals surface area contributed by atoms with Crippen LogP contribution in [0.1, 0.15) is 30.4 Å². The lowest BCUT2D eigenvalue weighted by molar-refractivity contribution is 0.573. The molecular formula is C17H23N5. The third-order valence-electron chi connectivity index (χ3n) is 4.10. The highest BCUT2D eigenvalue weighted by Gasteiger charge is 2.17. The first kappa shape index (κ1) is 14.6. The molecule has 1 saturated heterocycles. The van der Waals surface area contributed by atoms with Gasteiger partial charge >= 0.3 is 0 Å². The first-order valence-electron chi connectivity index (χ1n) is 7.89. The van der Waals surface area contributed by atoms with Gasteiger partial charge in [0, 0.05) is 19.6 Å². The van der Waals surface area contributed by atoms with Gasteiger partial charge in [-0.3, -0.25) is 0 Å². The van der Waals surface area contributed by atoms with Crippen molar-refractivity contribution in [2.24, 2.45) is 0 Å². The lowest BCUT2D eigenvalue weighted by Crippen LogP contribution is -2.31. The summed E-state index contributed by atoms with van der Waals surface area (Å²) in [4.78, 5) is 10.9. The van der Waals surface area contributed by atoms with E-state index in [1.54, 1.807) is 6.33 Å². The maximum absolute atomic E-state index is 6.27. The zero-order chi connectivity index (χ0) is 15.4. The smallest absolute Gasteiger partial charge is 0.157 e. The molecular weight excluding hydrogens is 274 g/mol. The molecule has 0 atom stereocenters. The van der Waals surface area contributed by atoms with Gasteiger partial charge in [-0.15, -0.1) is 0 Å². The van der Waals surface area contributed by atoms with E-state index in [2.05, 4.69) is 51.4 Å². The largest absolute Gasteiger partial charge is 0.393 e. The lowest BCUT2D eigenvalue weighted by Gasteiger charge is -2.28. The highest BCUT2D eigenvalue weighted by molar-refractivity contribution is 5.74. The van der Waals surface area contributed by atoms with Crippen LogP contribution >= 0.6 is 0 Å². The Morgan fingerprint density at radius 3 is 2.55 bits per heavy atom. The van der Waals surface area contributed by atoms with Gasteiger partial charge in [-0.05, 0) is 31.7 Å². The van der Waals surface area contributed by atoms with Gasteiger partial charge in [0.15, 0.2) is 11.6 Å². The third-order valence-corrected chi connectivity index (χ3v) is 4.10. The summed E-state index contributed by atoms with van der Waals surface area (Å²) in [6, 6.07) is 8.45. The Morgan fingerprint density at radius 2 is 1.82 bits per heavy atom. The molecule has 1 aromatic heterocycles. The molecule has 0 radical (unpaired) electrons. The summed E-state index contributed by atoms with van der Waals surface area (Å²) < 4.78 is 0. The minimum atomic E-state index is 0.650. The van der Waals surface area contributed by atoms with E-state index in [9.17, 15) is 0 Å². The van der Waals surface area contributed by atoms with Gasteiger partial charge < -0.3 is 16.0 Å². The molecule has 1 aliphatic rings. The van der Waals surface area contributed by atoms with E-state index in [4.69, 9.17) is 5.73 Å². The normalized spacial score (nSPS) is 14.9. The van der Waals surface area contributed by atoms with E-state index in [1.807, 2.05) is 0 Å². The first-order chi connectivity index (χ1) is 10.7. The third kappa shape index (κ3) is 3.30. The Hall–Kier alpha value is -2.30. The topological polar surface area (TPSA) is 67.1 Å². The second kappa shape index (κ2) is 6.64. The molecule has 116 valence electrons. The fraction of sp³-hybridized carbons (Fsp3) is 0.412. The number of benzene rings is 1. The van der Waals surface area contributed by atoms with E-state index in [1.165, 1.54) is 30.4 Å². The van der Waals surface area contributed by atoms with Crippen molar-refractivity contribution in [2.75, 3.05) is 29.0 Å². The number of anilines is 3. The van der Waals surface area contributed by atoms with Gasteiger partial charge in [0.2, 0.25) is 0 Å². The van der Waals surface area contributed by atoms with Gasteiger partial charge in [0.25, 0.3) is 0 Å². The molecule has 1 fully saturated rings. The zero-order valence-electron chi connectivity index (χ0n) is 13.0. The fourth-order valence-electron chi connectivity index (χ4n) is 2.78. The number of hydrogen-bond acceptors (Lipinski definition) is 5. The lowest BCUT2D eigenvalue weighted by atomic mass is 10.1. The minimum absolute atomic E-state index is 0.650. The van der Waals surface area contributed by atoms with Crippen LogP contribution in [0.25, 0.3) is 0 Å². The first-order valence-corrected chi connectivity index (χ1v) is 7.89. The van der Waals surface area contributed by atoms with Gasteiger partial charge in [-0.25, -0.2) is 9.97 Å². The molecule has 22 heavy (non-hydrogen) atoms. The molecule has 5 nitrogen and oxygen atoms in total. The molecule has 2 aromatic rings. The second-order valence-electron chi connectivity index (χ2n) is 5.85. The summed E-state index contributed by atoms with van der Waals surface area (Å²) in [6.45, 7) is 4.85. The molecule has 3 rings (SSSR count). The van der Waals surface area contributed by atoms with Gasteiger partial charge in [0.1, 0.15) is 12.0 Å². The van der Waals surface area contributed by atoms with E-state index < -0.39 is 0 Å². The molecule has 1 aliphatic heterocycles. The van der Waals surface area contributed by atoms with Crippen molar-refractivity contribution < 1.29 is 0 Å². The minimum Gasteiger partial charge on any atom is -0.393 e. The molecule has 0 unspecified atom stereocenters. The molecule has 2 heterocycles. The average molecular weight is 297 g/mol. The number of rotatable bonds is 4. The monoisotopic (exact) mass is 297 g/mol. The van der Waals surface area contributed by atoms with Crippen LogP contribution in [0.3, 0.4) is 0 Å². The van der Waals surface area contributed by atoms with E-state index in [0.29, 0.717) is 12.2 Å². The summed E-state index contributed by atoms with van der Waals surface area (Å²) in [6.07, 6.45) is 5.29. The Balaban J connectivity index is 1.72. The number of piperidine rings is 1. The maximum atomic E-state index is 6.27. The van der Waals surface area contributed by atoms with Crippen LogP contribution in [0.5, 0.6) is 0 Å². The zero-order valence-corrected chi connectivity index (χ0v) is 13.0. The van der Waals surface area contributed by atoms with Crippen LogP contribution in [-0.4, -0.2) is 23.1 Å². The predicted octanol–water partition coefficient (Wildman–Crippen LogP) is 2.97. The van der Waals surface area contributed by atoms with E-state index >= 15 is 0 Å². The second-order valence-corrected chi connectivity index (χ2v) is 5.85. The Morgan fingerprint density at radius 1 is 1.09 bits per heavy atom. The van der Waals surface area contributed by atoms with Crippen LogP contribution in [0, 0.1) is 6.92 Å². The predicted molar refractivity (Wildman–Crippen MR) is 91.0 cm³/mol.